The summed E-state index contributed by atoms with van der Waals surface area (Å²) in [4.78, 5) is 20.9. The van der Waals surface area contributed by atoms with E-state index in [1.54, 1.807) is 6.07 Å². The molecule has 1 spiro atoms. The van der Waals surface area contributed by atoms with E-state index in [2.05, 4.69) is 9.88 Å². The number of aromatic nitrogens is 1. The predicted octanol–water partition coefficient (Wildman–Crippen LogP) is 2.57. The standard InChI is InChI=1S/C21H26FN3O2/c22-17-2-4-19-16(13-17)1-3-18(23-19)14-24-9-7-21(8-10-24)6-5-20(27)25(15-21)11-12-26/h1-4,13,26H,5-12,14-15H2. The first-order chi connectivity index (χ1) is 13.1. The number of β-amino-alcohol motifs (C(OH)–C–C–N with tert-alkyl or cyclic N) is 1. The fraction of sp³-hybridized carbons (Fsp3) is 0.524. The van der Waals surface area contributed by atoms with E-state index in [0.717, 1.165) is 62.0 Å². The van der Waals surface area contributed by atoms with E-state index in [0.29, 0.717) is 13.0 Å². The summed E-state index contributed by atoms with van der Waals surface area (Å²) in [5.41, 5.74) is 2.03. The Bertz CT molecular complexity index is 833. The lowest BCUT2D eigenvalue weighted by molar-refractivity contribution is -0.139. The number of halogens is 1. The quantitative estimate of drug-likeness (QED) is 0.898. The second-order valence-electron chi connectivity index (χ2n) is 7.95. The third kappa shape index (κ3) is 3.96. The van der Waals surface area contributed by atoms with Crippen molar-refractivity contribution in [1.82, 2.24) is 14.8 Å². The zero-order valence-corrected chi connectivity index (χ0v) is 15.5. The third-order valence-corrected chi connectivity index (χ3v) is 6.13. The molecule has 2 aliphatic rings. The normalized spacial score (nSPS) is 20.5. The first kappa shape index (κ1) is 18.3. The number of carbonyl (C=O) groups is 1. The lowest BCUT2D eigenvalue weighted by Gasteiger charge is -2.47. The number of benzene rings is 1. The summed E-state index contributed by atoms with van der Waals surface area (Å²) in [6.45, 7) is 4.04. The molecule has 6 heteroatoms. The number of hydrogen-bond donors (Lipinski definition) is 1. The molecule has 0 atom stereocenters. The summed E-state index contributed by atoms with van der Waals surface area (Å²) < 4.78 is 13.3. The van der Waals surface area contributed by atoms with Crippen molar-refractivity contribution < 1.29 is 14.3 Å². The van der Waals surface area contributed by atoms with Gasteiger partial charge >= 0.3 is 0 Å². The molecule has 2 saturated heterocycles. The number of amides is 1. The van der Waals surface area contributed by atoms with E-state index in [1.807, 2.05) is 17.0 Å². The molecule has 1 N–H and O–H groups in total. The summed E-state index contributed by atoms with van der Waals surface area (Å²) in [5.74, 6) is -0.0616. The molecule has 3 heterocycles. The van der Waals surface area contributed by atoms with E-state index >= 15 is 0 Å². The zero-order valence-electron chi connectivity index (χ0n) is 15.5. The number of fused-ring (bicyclic) bond motifs is 1. The maximum Gasteiger partial charge on any atom is 0.222 e. The fourth-order valence-corrected chi connectivity index (χ4v) is 4.48. The molecule has 1 aromatic heterocycles. The molecule has 4 rings (SSSR count). The molecule has 5 nitrogen and oxygen atoms in total. The van der Waals surface area contributed by atoms with Gasteiger partial charge in [-0.05, 0) is 62.0 Å². The van der Waals surface area contributed by atoms with Crippen molar-refractivity contribution in [2.24, 2.45) is 5.41 Å². The number of hydrogen-bond acceptors (Lipinski definition) is 4. The van der Waals surface area contributed by atoms with Crippen molar-refractivity contribution >= 4 is 16.8 Å². The molecule has 0 saturated carbocycles. The van der Waals surface area contributed by atoms with Crippen LogP contribution in [0.4, 0.5) is 4.39 Å². The van der Waals surface area contributed by atoms with Crippen LogP contribution in [0.25, 0.3) is 10.9 Å². The minimum atomic E-state index is -0.236. The smallest absolute Gasteiger partial charge is 0.222 e. The van der Waals surface area contributed by atoms with Crippen LogP contribution in [0.2, 0.25) is 0 Å². The molecule has 0 radical (unpaired) electrons. The van der Waals surface area contributed by atoms with Gasteiger partial charge in [0.15, 0.2) is 0 Å². The number of aliphatic hydroxyl groups excluding tert-OH is 1. The fourth-order valence-electron chi connectivity index (χ4n) is 4.48. The summed E-state index contributed by atoms with van der Waals surface area (Å²) >= 11 is 0. The lowest BCUT2D eigenvalue weighted by Crippen LogP contribution is -2.51. The topological polar surface area (TPSA) is 56.7 Å². The Hall–Kier alpha value is -2.05. The van der Waals surface area contributed by atoms with Crippen LogP contribution in [-0.4, -0.2) is 58.6 Å². The van der Waals surface area contributed by atoms with E-state index in [4.69, 9.17) is 0 Å². The maximum atomic E-state index is 13.3. The molecule has 0 unspecified atom stereocenters. The van der Waals surface area contributed by atoms with Gasteiger partial charge in [-0.15, -0.1) is 0 Å². The summed E-state index contributed by atoms with van der Waals surface area (Å²) in [5, 5.41) is 10.0. The number of pyridine rings is 1. The third-order valence-electron chi connectivity index (χ3n) is 6.13. The molecule has 2 fully saturated rings. The highest BCUT2D eigenvalue weighted by atomic mass is 19.1. The van der Waals surface area contributed by atoms with E-state index in [1.165, 1.54) is 12.1 Å². The van der Waals surface area contributed by atoms with Crippen molar-refractivity contribution in [3.63, 3.8) is 0 Å². The largest absolute Gasteiger partial charge is 0.395 e. The highest BCUT2D eigenvalue weighted by Gasteiger charge is 2.40. The molecule has 1 amide bonds. The second kappa shape index (κ2) is 7.52. The van der Waals surface area contributed by atoms with Crippen molar-refractivity contribution in [2.75, 3.05) is 32.8 Å². The number of aliphatic hydroxyl groups is 1. The van der Waals surface area contributed by atoms with Gasteiger partial charge in [-0.2, -0.15) is 0 Å². The average molecular weight is 371 g/mol. The first-order valence-corrected chi connectivity index (χ1v) is 9.73. The van der Waals surface area contributed by atoms with Gasteiger partial charge < -0.3 is 10.0 Å². The van der Waals surface area contributed by atoms with Crippen molar-refractivity contribution in [1.29, 1.82) is 0 Å². The Balaban J connectivity index is 1.38. The average Bonchev–Trinajstić information content (AvgIpc) is 2.67. The Morgan fingerprint density at radius 3 is 2.74 bits per heavy atom. The van der Waals surface area contributed by atoms with E-state index < -0.39 is 0 Å². The number of likely N-dealkylation sites (tertiary alicyclic amines) is 2. The van der Waals surface area contributed by atoms with Gasteiger partial charge in [-0.25, -0.2) is 4.39 Å². The van der Waals surface area contributed by atoms with Gasteiger partial charge in [0, 0.05) is 31.4 Å². The molecule has 144 valence electrons. The van der Waals surface area contributed by atoms with Crippen molar-refractivity contribution in [3.8, 4) is 0 Å². The summed E-state index contributed by atoms with van der Waals surface area (Å²) in [6.07, 6.45) is 3.70. The molecular formula is C21H26FN3O2. The number of piperidine rings is 2. The van der Waals surface area contributed by atoms with Crippen molar-refractivity contribution in [2.45, 2.75) is 32.2 Å². The molecule has 27 heavy (non-hydrogen) atoms. The number of carbonyl (C=O) groups excluding carboxylic acids is 1. The minimum absolute atomic E-state index is 0.0332. The summed E-state index contributed by atoms with van der Waals surface area (Å²) in [7, 11) is 0. The highest BCUT2D eigenvalue weighted by molar-refractivity contribution is 5.78. The van der Waals surface area contributed by atoms with Gasteiger partial charge in [0.05, 0.1) is 17.8 Å². The number of nitrogens with zero attached hydrogens (tertiary/aromatic N) is 3. The molecule has 1 aromatic carbocycles. The van der Waals surface area contributed by atoms with Gasteiger partial charge in [0.25, 0.3) is 0 Å². The maximum absolute atomic E-state index is 13.3. The van der Waals surface area contributed by atoms with E-state index in [-0.39, 0.29) is 23.7 Å². The molecular weight excluding hydrogens is 345 g/mol. The lowest BCUT2D eigenvalue weighted by atomic mass is 9.72. The van der Waals surface area contributed by atoms with Gasteiger partial charge in [-0.1, -0.05) is 6.07 Å². The first-order valence-electron chi connectivity index (χ1n) is 9.73. The summed E-state index contributed by atoms with van der Waals surface area (Å²) in [6, 6.07) is 8.61. The Labute approximate surface area is 158 Å². The van der Waals surface area contributed by atoms with Crippen LogP contribution in [0.3, 0.4) is 0 Å². The van der Waals surface area contributed by atoms with Gasteiger partial charge in [0.2, 0.25) is 5.91 Å². The Morgan fingerprint density at radius 2 is 1.96 bits per heavy atom. The van der Waals surface area contributed by atoms with Crippen LogP contribution >= 0.6 is 0 Å². The Morgan fingerprint density at radius 1 is 1.15 bits per heavy atom. The van der Waals surface area contributed by atoms with E-state index in [9.17, 15) is 14.3 Å². The van der Waals surface area contributed by atoms with Crippen LogP contribution in [0.5, 0.6) is 0 Å². The van der Waals surface area contributed by atoms with Crippen molar-refractivity contribution in [3.05, 3.63) is 41.8 Å². The highest BCUT2D eigenvalue weighted by Crippen LogP contribution is 2.40. The zero-order chi connectivity index (χ0) is 18.9. The second-order valence-corrected chi connectivity index (χ2v) is 7.95. The van der Waals surface area contributed by atoms with Crippen LogP contribution in [-0.2, 0) is 11.3 Å². The van der Waals surface area contributed by atoms with Gasteiger partial charge in [-0.3, -0.25) is 14.7 Å². The van der Waals surface area contributed by atoms with Gasteiger partial charge in [0.1, 0.15) is 5.82 Å². The molecule has 2 aromatic rings. The predicted molar refractivity (Wildman–Crippen MR) is 102 cm³/mol. The minimum Gasteiger partial charge on any atom is -0.395 e. The van der Waals surface area contributed by atoms with Crippen LogP contribution in [0.1, 0.15) is 31.4 Å². The molecule has 0 aliphatic carbocycles. The van der Waals surface area contributed by atoms with Crippen LogP contribution < -0.4 is 0 Å². The monoisotopic (exact) mass is 371 g/mol. The van der Waals surface area contributed by atoms with Crippen LogP contribution in [0.15, 0.2) is 30.3 Å². The molecule has 0 bridgehead atoms. The number of rotatable bonds is 4. The molecule has 2 aliphatic heterocycles. The SMILES string of the molecule is O=C1CCC2(CCN(Cc3ccc4cc(F)ccc4n3)CC2)CN1CCO. The Kier molecular flexibility index (Phi) is 5.10. The van der Waals surface area contributed by atoms with Crippen LogP contribution in [0, 0.1) is 11.2 Å².